The van der Waals surface area contributed by atoms with E-state index in [9.17, 15) is 18.8 Å². The second-order valence-corrected chi connectivity index (χ2v) is 9.38. The molecule has 0 radical (unpaired) electrons. The lowest BCUT2D eigenvalue weighted by Crippen LogP contribution is -2.26. The van der Waals surface area contributed by atoms with Gasteiger partial charge in [0, 0.05) is 40.7 Å². The average molecular weight is 532 g/mol. The maximum absolute atomic E-state index is 14.4. The summed E-state index contributed by atoms with van der Waals surface area (Å²) in [4.78, 5) is 38.4. The Bertz CT molecular complexity index is 1540. The van der Waals surface area contributed by atoms with Gasteiger partial charge in [-0.05, 0) is 53.9 Å². The Hall–Kier alpha value is -4.54. The van der Waals surface area contributed by atoms with Gasteiger partial charge in [-0.2, -0.15) is 0 Å². The summed E-state index contributed by atoms with van der Waals surface area (Å²) in [7, 11) is 0. The number of fused-ring (bicyclic) bond motifs is 2. The SMILES string of the molecule is O=C(NCCO)c1ccc2c(c1)C(=O)c1ccc(Nc3ccc(F)c(NC(=O)c4cccs4)c3)cc1OC2. The van der Waals surface area contributed by atoms with Gasteiger partial charge in [-0.15, -0.1) is 11.3 Å². The molecule has 1 aromatic heterocycles. The van der Waals surface area contributed by atoms with Gasteiger partial charge in [0.25, 0.3) is 11.8 Å². The van der Waals surface area contributed by atoms with Crippen molar-refractivity contribution in [1.82, 2.24) is 5.32 Å². The number of aliphatic hydroxyl groups is 1. The smallest absolute Gasteiger partial charge is 0.265 e. The minimum absolute atomic E-state index is 0.0314. The van der Waals surface area contributed by atoms with Crippen molar-refractivity contribution in [2.45, 2.75) is 6.61 Å². The van der Waals surface area contributed by atoms with Gasteiger partial charge in [-0.25, -0.2) is 4.39 Å². The molecule has 0 fully saturated rings. The predicted molar refractivity (Wildman–Crippen MR) is 142 cm³/mol. The van der Waals surface area contributed by atoms with E-state index in [2.05, 4.69) is 16.0 Å². The third kappa shape index (κ3) is 5.26. The fourth-order valence-corrected chi connectivity index (χ4v) is 4.61. The van der Waals surface area contributed by atoms with Crippen molar-refractivity contribution in [2.75, 3.05) is 23.8 Å². The molecule has 0 atom stereocenters. The second kappa shape index (κ2) is 10.8. The summed E-state index contributed by atoms with van der Waals surface area (Å²) in [6, 6.07) is 17.5. The van der Waals surface area contributed by atoms with Crippen LogP contribution in [0.4, 0.5) is 21.5 Å². The number of aliphatic hydroxyl groups excluding tert-OH is 1. The molecule has 0 saturated carbocycles. The highest BCUT2D eigenvalue weighted by molar-refractivity contribution is 7.12. The molecule has 5 rings (SSSR count). The molecule has 4 N–H and O–H groups in total. The topological polar surface area (TPSA) is 117 Å². The number of ketones is 1. The number of thiophene rings is 1. The lowest BCUT2D eigenvalue weighted by molar-refractivity contribution is 0.0944. The van der Waals surface area contributed by atoms with E-state index in [4.69, 9.17) is 9.84 Å². The van der Waals surface area contributed by atoms with Crippen LogP contribution in [0.15, 0.2) is 72.1 Å². The summed E-state index contributed by atoms with van der Waals surface area (Å²) in [5, 5.41) is 19.0. The third-order valence-electron chi connectivity index (χ3n) is 5.87. The van der Waals surface area contributed by atoms with Gasteiger partial charge in [-0.3, -0.25) is 14.4 Å². The van der Waals surface area contributed by atoms with Crippen LogP contribution < -0.4 is 20.7 Å². The standard InChI is InChI=1S/C28H22FN3O5S/c29-22-8-6-18(13-23(22)32-28(36)25-2-1-11-38-25)31-19-5-7-20-24(14-19)37-15-17-4-3-16(12-21(17)26(20)34)27(35)30-9-10-33/h1-8,11-14,31,33H,9-10,15H2,(H,30,35)(H,32,36). The first-order valence-electron chi connectivity index (χ1n) is 11.7. The molecule has 2 amide bonds. The molecule has 0 saturated heterocycles. The predicted octanol–water partition coefficient (Wildman–Crippen LogP) is 4.73. The van der Waals surface area contributed by atoms with Crippen molar-refractivity contribution in [2.24, 2.45) is 0 Å². The number of benzene rings is 3. The number of hydrogen-bond donors (Lipinski definition) is 4. The Morgan fingerprint density at radius 2 is 1.79 bits per heavy atom. The van der Waals surface area contributed by atoms with Crippen LogP contribution in [-0.2, 0) is 6.61 Å². The summed E-state index contributed by atoms with van der Waals surface area (Å²) in [6.45, 7) is 0.0594. The molecule has 1 aliphatic rings. The largest absolute Gasteiger partial charge is 0.488 e. The van der Waals surface area contributed by atoms with Crippen molar-refractivity contribution in [3.05, 3.63) is 105 Å². The van der Waals surface area contributed by atoms with E-state index < -0.39 is 11.7 Å². The van der Waals surface area contributed by atoms with Crippen LogP contribution in [0.5, 0.6) is 5.75 Å². The van der Waals surface area contributed by atoms with E-state index in [0.717, 1.165) is 0 Å². The van der Waals surface area contributed by atoms with Crippen molar-refractivity contribution in [3.8, 4) is 5.75 Å². The average Bonchev–Trinajstić information content (AvgIpc) is 3.43. The van der Waals surface area contributed by atoms with E-state index in [1.807, 2.05) is 0 Å². The van der Waals surface area contributed by atoms with Crippen LogP contribution in [0.2, 0.25) is 0 Å². The highest BCUT2D eigenvalue weighted by atomic mass is 32.1. The van der Waals surface area contributed by atoms with Crippen LogP contribution in [0.3, 0.4) is 0 Å². The second-order valence-electron chi connectivity index (χ2n) is 8.43. The summed E-state index contributed by atoms with van der Waals surface area (Å²) < 4.78 is 20.3. The number of carbonyl (C=O) groups is 3. The molecule has 0 spiro atoms. The van der Waals surface area contributed by atoms with E-state index in [-0.39, 0.29) is 37.1 Å². The first-order valence-corrected chi connectivity index (χ1v) is 12.6. The molecule has 2 heterocycles. The monoisotopic (exact) mass is 531 g/mol. The zero-order valence-electron chi connectivity index (χ0n) is 19.9. The highest BCUT2D eigenvalue weighted by Gasteiger charge is 2.24. The van der Waals surface area contributed by atoms with Gasteiger partial charge in [-0.1, -0.05) is 12.1 Å². The molecule has 8 nitrogen and oxygen atoms in total. The Morgan fingerprint density at radius 3 is 2.58 bits per heavy atom. The van der Waals surface area contributed by atoms with Crippen LogP contribution in [-0.4, -0.2) is 35.9 Å². The maximum Gasteiger partial charge on any atom is 0.265 e. The van der Waals surface area contributed by atoms with E-state index in [0.29, 0.717) is 44.3 Å². The highest BCUT2D eigenvalue weighted by Crippen LogP contribution is 2.33. The zero-order valence-corrected chi connectivity index (χ0v) is 20.7. The van der Waals surface area contributed by atoms with Crippen molar-refractivity contribution >= 4 is 46.0 Å². The molecular formula is C28H22FN3O5S. The van der Waals surface area contributed by atoms with Gasteiger partial charge < -0.3 is 25.8 Å². The number of nitrogens with one attached hydrogen (secondary N) is 3. The fourth-order valence-electron chi connectivity index (χ4n) is 3.99. The molecule has 4 aromatic rings. The van der Waals surface area contributed by atoms with E-state index in [1.165, 1.54) is 35.6 Å². The molecular weight excluding hydrogens is 509 g/mol. The summed E-state index contributed by atoms with van der Waals surface area (Å²) in [5.74, 6) is -1.28. The number of anilines is 3. The first-order chi connectivity index (χ1) is 18.4. The lowest BCUT2D eigenvalue weighted by atomic mass is 9.96. The van der Waals surface area contributed by atoms with Crippen molar-refractivity contribution < 1.29 is 28.6 Å². The van der Waals surface area contributed by atoms with Crippen molar-refractivity contribution in [3.63, 3.8) is 0 Å². The number of amides is 2. The Balaban J connectivity index is 1.36. The van der Waals surface area contributed by atoms with E-state index in [1.54, 1.807) is 47.8 Å². The minimum Gasteiger partial charge on any atom is -0.488 e. The Morgan fingerprint density at radius 1 is 0.974 bits per heavy atom. The number of hydrogen-bond acceptors (Lipinski definition) is 7. The van der Waals surface area contributed by atoms with Crippen LogP contribution in [0.25, 0.3) is 0 Å². The summed E-state index contributed by atoms with van der Waals surface area (Å²) in [5.41, 5.74) is 2.80. The maximum atomic E-state index is 14.4. The van der Waals surface area contributed by atoms with Gasteiger partial charge in [0.15, 0.2) is 5.78 Å². The molecule has 0 aliphatic carbocycles. The molecule has 0 bridgehead atoms. The van der Waals surface area contributed by atoms with Gasteiger partial charge in [0.05, 0.1) is 22.7 Å². The van der Waals surface area contributed by atoms with Gasteiger partial charge in [0.1, 0.15) is 18.2 Å². The molecule has 0 unspecified atom stereocenters. The fraction of sp³-hybridized carbons (Fsp3) is 0.107. The van der Waals surface area contributed by atoms with Crippen molar-refractivity contribution in [1.29, 1.82) is 0 Å². The normalized spacial score (nSPS) is 12.0. The van der Waals surface area contributed by atoms with Gasteiger partial charge in [0.2, 0.25) is 0 Å². The number of rotatable bonds is 7. The Kier molecular flexibility index (Phi) is 7.16. The van der Waals surface area contributed by atoms with Crippen LogP contribution in [0.1, 0.15) is 41.5 Å². The summed E-state index contributed by atoms with van der Waals surface area (Å²) in [6.07, 6.45) is 0. The minimum atomic E-state index is -0.571. The third-order valence-corrected chi connectivity index (χ3v) is 6.74. The van der Waals surface area contributed by atoms with Crippen LogP contribution >= 0.6 is 11.3 Å². The molecule has 3 aromatic carbocycles. The van der Waals surface area contributed by atoms with E-state index >= 15 is 0 Å². The first kappa shape index (κ1) is 25.1. The lowest BCUT2D eigenvalue weighted by Gasteiger charge is -2.13. The quantitative estimate of drug-likeness (QED) is 0.274. The molecule has 1 aliphatic heterocycles. The zero-order chi connectivity index (χ0) is 26.6. The number of carbonyl (C=O) groups excluding carboxylic acids is 3. The summed E-state index contributed by atoms with van der Waals surface area (Å²) >= 11 is 1.26. The molecule has 10 heteroatoms. The number of ether oxygens (including phenoxy) is 1. The number of halogens is 1. The Labute approximate surface area is 221 Å². The van der Waals surface area contributed by atoms with Gasteiger partial charge >= 0.3 is 0 Å². The molecule has 38 heavy (non-hydrogen) atoms. The van der Waals surface area contributed by atoms with Crippen LogP contribution in [0, 0.1) is 5.82 Å². The molecule has 192 valence electrons.